The van der Waals surface area contributed by atoms with Crippen molar-refractivity contribution in [1.29, 1.82) is 0 Å². The van der Waals surface area contributed by atoms with Crippen molar-refractivity contribution in [3.8, 4) is 0 Å². The van der Waals surface area contributed by atoms with Crippen molar-refractivity contribution in [2.45, 2.75) is 6.42 Å². The summed E-state index contributed by atoms with van der Waals surface area (Å²) in [6, 6.07) is 10.1. The lowest BCUT2D eigenvalue weighted by Crippen LogP contribution is -2.04. The first kappa shape index (κ1) is 12.0. The first-order valence-corrected chi connectivity index (χ1v) is 7.02. The van der Waals surface area contributed by atoms with Crippen LogP contribution in [-0.2, 0) is 6.42 Å². The van der Waals surface area contributed by atoms with Crippen LogP contribution in [0.3, 0.4) is 0 Å². The van der Waals surface area contributed by atoms with E-state index < -0.39 is 0 Å². The molecule has 2 rings (SSSR count). The molecule has 1 aromatic heterocycles. The van der Waals surface area contributed by atoms with Gasteiger partial charge in [-0.2, -0.15) is 0 Å². The van der Waals surface area contributed by atoms with Crippen LogP contribution in [0.4, 0.5) is 5.69 Å². The zero-order chi connectivity index (χ0) is 11.4. The van der Waals surface area contributed by atoms with Gasteiger partial charge in [-0.3, -0.25) is 0 Å². The summed E-state index contributed by atoms with van der Waals surface area (Å²) in [6.07, 6.45) is 1.04. The topological polar surface area (TPSA) is 12.0 Å². The van der Waals surface area contributed by atoms with Gasteiger partial charge in [0.05, 0.1) is 9.50 Å². The molecule has 0 amide bonds. The number of thiophene rings is 1. The summed E-state index contributed by atoms with van der Waals surface area (Å²) < 4.78 is 0.933. The Morgan fingerprint density at radius 1 is 1.25 bits per heavy atom. The molecule has 0 bridgehead atoms. The average Bonchev–Trinajstić information content (AvgIpc) is 2.77. The van der Waals surface area contributed by atoms with E-state index in [4.69, 9.17) is 11.6 Å². The largest absolute Gasteiger partial charge is 0.384 e. The molecule has 1 heterocycles. The van der Waals surface area contributed by atoms with Crippen molar-refractivity contribution in [1.82, 2.24) is 0 Å². The molecule has 0 aliphatic heterocycles. The molecule has 0 saturated carbocycles. The minimum Gasteiger partial charge on any atom is -0.384 e. The molecule has 2 aromatic rings. The molecule has 0 radical (unpaired) electrons. The Hall–Kier alpha value is -0.510. The third-order valence-corrected chi connectivity index (χ3v) is 4.55. The number of anilines is 1. The number of hydrogen-bond acceptors (Lipinski definition) is 2. The lowest BCUT2D eigenvalue weighted by atomic mass is 10.3. The van der Waals surface area contributed by atoms with Gasteiger partial charge >= 0.3 is 0 Å². The van der Waals surface area contributed by atoms with Crippen LogP contribution >= 0.6 is 38.9 Å². The van der Waals surface area contributed by atoms with Crippen molar-refractivity contribution >= 4 is 44.6 Å². The minimum absolute atomic E-state index is 0.737. The van der Waals surface area contributed by atoms with Crippen LogP contribution in [-0.4, -0.2) is 6.54 Å². The number of nitrogens with one attached hydrogen (secondary N) is 1. The summed E-state index contributed by atoms with van der Waals surface area (Å²) in [5.74, 6) is 0. The van der Waals surface area contributed by atoms with Gasteiger partial charge in [0.15, 0.2) is 0 Å². The Kier molecular flexibility index (Phi) is 4.27. The van der Waals surface area contributed by atoms with Crippen molar-refractivity contribution in [2.24, 2.45) is 0 Å². The number of rotatable bonds is 4. The van der Waals surface area contributed by atoms with Crippen LogP contribution in [0.25, 0.3) is 0 Å². The van der Waals surface area contributed by atoms with E-state index in [2.05, 4.69) is 38.8 Å². The average molecular weight is 317 g/mol. The normalized spacial score (nSPS) is 10.4. The van der Waals surface area contributed by atoms with Crippen LogP contribution in [0.2, 0.25) is 5.02 Å². The van der Waals surface area contributed by atoms with E-state index in [1.807, 2.05) is 18.2 Å². The molecular weight excluding hydrogens is 306 g/mol. The van der Waals surface area contributed by atoms with Gasteiger partial charge in [0.25, 0.3) is 0 Å². The number of halogens is 2. The second kappa shape index (κ2) is 5.71. The highest BCUT2D eigenvalue weighted by atomic mass is 79.9. The first-order valence-electron chi connectivity index (χ1n) is 4.97. The molecule has 0 unspecified atom stereocenters. The summed E-state index contributed by atoms with van der Waals surface area (Å²) in [5.41, 5.74) is 1.05. The Labute approximate surface area is 113 Å². The second-order valence-corrected chi connectivity index (χ2v) is 5.59. The summed E-state index contributed by atoms with van der Waals surface area (Å²) in [4.78, 5) is 1.39. The minimum atomic E-state index is 0.737. The van der Waals surface area contributed by atoms with Gasteiger partial charge in [-0.05, 0) is 45.9 Å². The molecule has 0 aliphatic rings. The van der Waals surface area contributed by atoms with E-state index in [9.17, 15) is 0 Å². The SMILES string of the molecule is Clc1cccc(NCCc2cccs2)c1Br. The molecule has 1 N–H and O–H groups in total. The van der Waals surface area contributed by atoms with Gasteiger partial charge in [0.1, 0.15) is 0 Å². The van der Waals surface area contributed by atoms with E-state index in [1.165, 1.54) is 4.88 Å². The second-order valence-electron chi connectivity index (χ2n) is 3.36. The monoisotopic (exact) mass is 315 g/mol. The van der Waals surface area contributed by atoms with Gasteiger partial charge in [-0.1, -0.05) is 23.7 Å². The van der Waals surface area contributed by atoms with Crippen LogP contribution in [0, 0.1) is 0 Å². The standard InChI is InChI=1S/C12H11BrClNS/c13-12-10(14)4-1-5-11(12)15-7-6-9-3-2-8-16-9/h1-5,8,15H,6-7H2. The summed E-state index contributed by atoms with van der Waals surface area (Å²) in [6.45, 7) is 0.916. The maximum absolute atomic E-state index is 6.01. The Morgan fingerprint density at radius 2 is 2.12 bits per heavy atom. The first-order chi connectivity index (χ1) is 7.77. The Morgan fingerprint density at radius 3 is 2.88 bits per heavy atom. The number of benzene rings is 1. The quantitative estimate of drug-likeness (QED) is 0.853. The zero-order valence-electron chi connectivity index (χ0n) is 8.54. The van der Waals surface area contributed by atoms with Crippen molar-refractivity contribution in [2.75, 3.05) is 11.9 Å². The lowest BCUT2D eigenvalue weighted by molar-refractivity contribution is 1.04. The van der Waals surface area contributed by atoms with Crippen LogP contribution in [0.1, 0.15) is 4.88 Å². The molecule has 1 nitrogen and oxygen atoms in total. The highest BCUT2D eigenvalue weighted by Crippen LogP contribution is 2.29. The fraction of sp³-hybridized carbons (Fsp3) is 0.167. The summed E-state index contributed by atoms with van der Waals surface area (Å²) in [7, 11) is 0. The molecule has 0 spiro atoms. The van der Waals surface area contributed by atoms with Crippen LogP contribution in [0.15, 0.2) is 40.2 Å². The third-order valence-electron chi connectivity index (χ3n) is 2.22. The van der Waals surface area contributed by atoms with Gasteiger partial charge in [-0.15, -0.1) is 11.3 Å². The lowest BCUT2D eigenvalue weighted by Gasteiger charge is -2.08. The molecule has 1 aromatic carbocycles. The zero-order valence-corrected chi connectivity index (χ0v) is 11.7. The Bertz CT molecular complexity index is 456. The van der Waals surface area contributed by atoms with Crippen molar-refractivity contribution < 1.29 is 0 Å². The maximum atomic E-state index is 6.01. The van der Waals surface area contributed by atoms with E-state index in [-0.39, 0.29) is 0 Å². The molecule has 0 aliphatic carbocycles. The summed E-state index contributed by atoms with van der Waals surface area (Å²) in [5, 5.41) is 6.21. The van der Waals surface area contributed by atoms with Gasteiger partial charge in [-0.25, -0.2) is 0 Å². The molecule has 84 valence electrons. The molecule has 0 fully saturated rings. The van der Waals surface area contributed by atoms with Crippen molar-refractivity contribution in [3.05, 3.63) is 50.1 Å². The highest BCUT2D eigenvalue weighted by molar-refractivity contribution is 9.10. The summed E-state index contributed by atoms with van der Waals surface area (Å²) >= 11 is 11.3. The van der Waals surface area contributed by atoms with Crippen LogP contribution in [0.5, 0.6) is 0 Å². The van der Waals surface area contributed by atoms with E-state index in [0.717, 1.165) is 28.1 Å². The molecule has 0 atom stereocenters. The highest BCUT2D eigenvalue weighted by Gasteiger charge is 2.02. The van der Waals surface area contributed by atoms with E-state index in [0.29, 0.717) is 0 Å². The smallest absolute Gasteiger partial charge is 0.0593 e. The predicted octanol–water partition coefficient (Wildman–Crippen LogP) is 4.82. The fourth-order valence-corrected chi connectivity index (χ4v) is 2.70. The molecule has 0 saturated heterocycles. The molecule has 16 heavy (non-hydrogen) atoms. The van der Waals surface area contributed by atoms with Gasteiger partial charge < -0.3 is 5.32 Å². The van der Waals surface area contributed by atoms with E-state index in [1.54, 1.807) is 11.3 Å². The number of hydrogen-bond donors (Lipinski definition) is 1. The van der Waals surface area contributed by atoms with Crippen molar-refractivity contribution in [3.63, 3.8) is 0 Å². The van der Waals surface area contributed by atoms with Crippen LogP contribution < -0.4 is 5.32 Å². The van der Waals surface area contributed by atoms with Gasteiger partial charge in [0.2, 0.25) is 0 Å². The molecular formula is C12H11BrClNS. The fourth-order valence-electron chi connectivity index (χ4n) is 1.42. The van der Waals surface area contributed by atoms with Gasteiger partial charge in [0, 0.05) is 17.1 Å². The maximum Gasteiger partial charge on any atom is 0.0593 e. The van der Waals surface area contributed by atoms with E-state index >= 15 is 0 Å². The Balaban J connectivity index is 1.92. The third kappa shape index (κ3) is 3.00. The predicted molar refractivity (Wildman–Crippen MR) is 75.7 cm³/mol. The molecule has 4 heteroatoms.